The molecular weight excluding hydrogens is 510 g/mol. The number of hydrogen-bond acceptors (Lipinski definition) is 6. The average Bonchev–Trinajstić information content (AvgIpc) is 2.90. The van der Waals surface area contributed by atoms with Crippen molar-refractivity contribution in [3.05, 3.63) is 71.9 Å². The zero-order valence-electron chi connectivity index (χ0n) is 24.2. The molecule has 2 atom stereocenters. The predicted molar refractivity (Wildman–Crippen MR) is 154 cm³/mol. The number of para-hydroxylation sites is 1. The predicted octanol–water partition coefficient (Wildman–Crippen LogP) is 5.41. The first kappa shape index (κ1) is 30.8. The molecule has 3 aromatic rings. The van der Waals surface area contributed by atoms with E-state index in [1.165, 1.54) is 0 Å². The number of nitrogens with zero attached hydrogens (tertiary/aromatic N) is 2. The highest BCUT2D eigenvalue weighted by Gasteiger charge is 2.34. The molecule has 9 nitrogen and oxygen atoms in total. The van der Waals surface area contributed by atoms with E-state index in [1.807, 2.05) is 96.1 Å². The summed E-state index contributed by atoms with van der Waals surface area (Å²) in [7, 11) is 0. The Hall–Kier alpha value is -3.69. The maximum atomic E-state index is 14.2. The molecule has 0 fully saturated rings. The van der Waals surface area contributed by atoms with Crippen LogP contribution in [0.4, 0.5) is 4.79 Å². The Morgan fingerprint density at radius 1 is 1.00 bits per heavy atom. The average molecular weight is 552 g/mol. The standard InChI is InChI=1S/C31H41N3O6/c1-7-38-29(39-8-2)21(3)34(20-24-12-9-11-23-13-10-18-32-27(23)24)28(35)26(33-30(36)37)19-22-14-16-25(17-15-22)40-31(4,5)6/h9-18,21,26,29,33H,7-8,19-20H2,1-6H3,(H,36,37)/t21-,26-/m0/s1. The van der Waals surface area contributed by atoms with E-state index in [-0.39, 0.29) is 24.5 Å². The SMILES string of the molecule is CCOC(OCC)[C@H](C)N(Cc1cccc2cccnc12)C(=O)[C@H](Cc1ccc(OC(C)(C)C)cc1)NC(=O)O. The third-order valence-corrected chi connectivity index (χ3v) is 6.27. The van der Waals surface area contributed by atoms with Gasteiger partial charge in [0.15, 0.2) is 6.29 Å². The van der Waals surface area contributed by atoms with Crippen LogP contribution in [0.3, 0.4) is 0 Å². The van der Waals surface area contributed by atoms with Gasteiger partial charge in [-0.3, -0.25) is 9.78 Å². The first-order valence-corrected chi connectivity index (χ1v) is 13.7. The Morgan fingerprint density at radius 2 is 1.65 bits per heavy atom. The van der Waals surface area contributed by atoms with Crippen molar-refractivity contribution in [3.8, 4) is 5.75 Å². The third kappa shape index (κ3) is 8.66. The molecule has 0 aliphatic carbocycles. The van der Waals surface area contributed by atoms with Gasteiger partial charge in [0.1, 0.15) is 17.4 Å². The Labute approximate surface area is 236 Å². The summed E-state index contributed by atoms with van der Waals surface area (Å²) in [6, 6.07) is 15.4. The van der Waals surface area contributed by atoms with Gasteiger partial charge >= 0.3 is 6.09 Å². The van der Waals surface area contributed by atoms with E-state index in [0.717, 1.165) is 22.0 Å². The number of amides is 2. The fourth-order valence-corrected chi connectivity index (χ4v) is 4.54. The highest BCUT2D eigenvalue weighted by atomic mass is 16.7. The molecule has 0 spiro atoms. The summed E-state index contributed by atoms with van der Waals surface area (Å²) in [5, 5.41) is 13.0. The summed E-state index contributed by atoms with van der Waals surface area (Å²) in [4.78, 5) is 32.2. The van der Waals surface area contributed by atoms with E-state index in [9.17, 15) is 14.7 Å². The topological polar surface area (TPSA) is 110 Å². The fraction of sp³-hybridized carbons (Fsp3) is 0.452. The van der Waals surface area contributed by atoms with Crippen molar-refractivity contribution in [1.82, 2.24) is 15.2 Å². The zero-order chi connectivity index (χ0) is 29.3. The van der Waals surface area contributed by atoms with Gasteiger partial charge in [-0.1, -0.05) is 36.4 Å². The van der Waals surface area contributed by atoms with Gasteiger partial charge in [-0.05, 0) is 70.9 Å². The van der Waals surface area contributed by atoms with Gasteiger partial charge in [-0.15, -0.1) is 0 Å². The Morgan fingerprint density at radius 3 is 2.25 bits per heavy atom. The lowest BCUT2D eigenvalue weighted by Gasteiger charge is -2.36. The van der Waals surface area contributed by atoms with Crippen LogP contribution in [0.2, 0.25) is 0 Å². The van der Waals surface area contributed by atoms with Gasteiger partial charge < -0.3 is 29.5 Å². The number of nitrogens with one attached hydrogen (secondary N) is 1. The maximum Gasteiger partial charge on any atom is 0.405 e. The second kappa shape index (κ2) is 14.1. The second-order valence-corrected chi connectivity index (χ2v) is 10.5. The number of aromatic nitrogens is 1. The van der Waals surface area contributed by atoms with Crippen LogP contribution in [0.1, 0.15) is 52.7 Å². The zero-order valence-corrected chi connectivity index (χ0v) is 24.2. The van der Waals surface area contributed by atoms with Gasteiger partial charge in [-0.2, -0.15) is 0 Å². The quantitative estimate of drug-likeness (QED) is 0.274. The number of benzene rings is 2. The molecule has 0 aliphatic heterocycles. The minimum atomic E-state index is -1.28. The molecule has 0 unspecified atom stereocenters. The summed E-state index contributed by atoms with van der Waals surface area (Å²) in [5.74, 6) is 0.308. The molecule has 216 valence electrons. The molecule has 2 amide bonds. The molecule has 2 aromatic carbocycles. The maximum absolute atomic E-state index is 14.2. The van der Waals surface area contributed by atoms with E-state index >= 15 is 0 Å². The van der Waals surface area contributed by atoms with Crippen LogP contribution >= 0.6 is 0 Å². The van der Waals surface area contributed by atoms with Gasteiger partial charge in [0.25, 0.3) is 0 Å². The largest absolute Gasteiger partial charge is 0.488 e. The van der Waals surface area contributed by atoms with Crippen LogP contribution in [0.15, 0.2) is 60.8 Å². The summed E-state index contributed by atoms with van der Waals surface area (Å²) < 4.78 is 17.6. The smallest absolute Gasteiger partial charge is 0.405 e. The molecule has 9 heteroatoms. The van der Waals surface area contributed by atoms with Crippen LogP contribution in [-0.2, 0) is 27.2 Å². The van der Waals surface area contributed by atoms with E-state index in [4.69, 9.17) is 14.2 Å². The van der Waals surface area contributed by atoms with Crippen molar-refractivity contribution in [1.29, 1.82) is 0 Å². The minimum Gasteiger partial charge on any atom is -0.488 e. The van der Waals surface area contributed by atoms with E-state index in [2.05, 4.69) is 10.3 Å². The molecule has 2 N–H and O–H groups in total. The van der Waals surface area contributed by atoms with Gasteiger partial charge in [0, 0.05) is 37.8 Å². The fourth-order valence-electron chi connectivity index (χ4n) is 4.54. The monoisotopic (exact) mass is 551 g/mol. The third-order valence-electron chi connectivity index (χ3n) is 6.27. The number of carbonyl (C=O) groups excluding carboxylic acids is 1. The van der Waals surface area contributed by atoms with Crippen LogP contribution in [0.5, 0.6) is 5.75 Å². The van der Waals surface area contributed by atoms with E-state index < -0.39 is 24.5 Å². The molecule has 1 heterocycles. The molecule has 1 aromatic heterocycles. The van der Waals surface area contributed by atoms with E-state index in [0.29, 0.717) is 19.0 Å². The highest BCUT2D eigenvalue weighted by Crippen LogP contribution is 2.23. The van der Waals surface area contributed by atoms with Crippen molar-refractivity contribution in [3.63, 3.8) is 0 Å². The lowest BCUT2D eigenvalue weighted by atomic mass is 10.0. The highest BCUT2D eigenvalue weighted by molar-refractivity contribution is 5.87. The first-order chi connectivity index (χ1) is 19.0. The van der Waals surface area contributed by atoms with Gasteiger partial charge in [0.2, 0.25) is 5.91 Å². The number of carbonyl (C=O) groups is 2. The van der Waals surface area contributed by atoms with Crippen LogP contribution in [-0.4, -0.2) is 64.2 Å². The molecule has 0 radical (unpaired) electrons. The lowest BCUT2D eigenvalue weighted by molar-refractivity contribution is -0.179. The minimum absolute atomic E-state index is 0.159. The molecule has 40 heavy (non-hydrogen) atoms. The molecular formula is C31H41N3O6. The number of ether oxygens (including phenoxy) is 3. The molecule has 0 aliphatic rings. The Bertz CT molecular complexity index is 1250. The first-order valence-electron chi connectivity index (χ1n) is 13.7. The number of pyridine rings is 1. The lowest BCUT2D eigenvalue weighted by Crippen LogP contribution is -2.55. The van der Waals surface area contributed by atoms with Crippen LogP contribution < -0.4 is 10.1 Å². The molecule has 0 bridgehead atoms. The van der Waals surface area contributed by atoms with Crippen LogP contribution in [0, 0.1) is 0 Å². The number of carboxylic acid groups (broad SMARTS) is 1. The van der Waals surface area contributed by atoms with Gasteiger partial charge in [-0.25, -0.2) is 4.79 Å². The summed E-state index contributed by atoms with van der Waals surface area (Å²) in [5.41, 5.74) is 2.05. The Balaban J connectivity index is 1.96. The van der Waals surface area contributed by atoms with Crippen LogP contribution in [0.25, 0.3) is 10.9 Å². The number of rotatable bonds is 13. The molecule has 0 saturated heterocycles. The summed E-state index contributed by atoms with van der Waals surface area (Å²) in [6.45, 7) is 12.5. The second-order valence-electron chi connectivity index (χ2n) is 10.5. The number of fused-ring (bicyclic) bond motifs is 1. The summed E-state index contributed by atoms with van der Waals surface area (Å²) in [6.07, 6.45) is -0.101. The van der Waals surface area contributed by atoms with E-state index in [1.54, 1.807) is 11.1 Å². The number of hydrogen-bond donors (Lipinski definition) is 2. The summed E-state index contributed by atoms with van der Waals surface area (Å²) >= 11 is 0. The molecule has 3 rings (SSSR count). The molecule has 0 saturated carbocycles. The van der Waals surface area contributed by atoms with Crippen molar-refractivity contribution in [2.75, 3.05) is 13.2 Å². The van der Waals surface area contributed by atoms with Crippen molar-refractivity contribution in [2.45, 2.75) is 78.5 Å². The normalized spacial score (nSPS) is 13.2. The van der Waals surface area contributed by atoms with Gasteiger partial charge in [0.05, 0.1) is 11.6 Å². The van der Waals surface area contributed by atoms with Crippen molar-refractivity contribution in [2.24, 2.45) is 0 Å². The van der Waals surface area contributed by atoms with Crippen molar-refractivity contribution >= 4 is 22.9 Å². The van der Waals surface area contributed by atoms with Crippen molar-refractivity contribution < 1.29 is 28.9 Å². The Kier molecular flexibility index (Phi) is 10.9.